The van der Waals surface area contributed by atoms with E-state index in [-0.39, 0.29) is 0 Å². The molecule has 1 aliphatic rings. The molecule has 1 fully saturated rings. The molecule has 2 heteroatoms. The third-order valence-corrected chi connectivity index (χ3v) is 6.11. The van der Waals surface area contributed by atoms with Gasteiger partial charge in [0.15, 0.2) is 8.32 Å². The Labute approximate surface area is 58.5 Å². The van der Waals surface area contributed by atoms with Gasteiger partial charge in [0.1, 0.15) is 0 Å². The van der Waals surface area contributed by atoms with Gasteiger partial charge in [0.2, 0.25) is 0 Å². The minimum atomic E-state index is -1.11. The summed E-state index contributed by atoms with van der Waals surface area (Å²) in [6.07, 6.45) is 2.71. The van der Waals surface area contributed by atoms with Crippen LogP contribution in [0.3, 0.4) is 0 Å². The SMILES string of the molecule is CC[Si]1(C)CCCCO1. The lowest BCUT2D eigenvalue weighted by Crippen LogP contribution is -2.36. The molecule has 0 bridgehead atoms. The van der Waals surface area contributed by atoms with Gasteiger partial charge in [-0.2, -0.15) is 0 Å². The molecule has 0 amide bonds. The highest BCUT2D eigenvalue weighted by molar-refractivity contribution is 6.72. The summed E-state index contributed by atoms with van der Waals surface area (Å²) < 4.78 is 5.75. The fourth-order valence-electron chi connectivity index (χ4n) is 1.27. The molecule has 0 spiro atoms. The van der Waals surface area contributed by atoms with E-state index in [4.69, 9.17) is 4.43 Å². The standard InChI is InChI=1S/C7H16OSi/c1-3-9(2)7-5-4-6-8-9/h3-7H2,1-2H3. The van der Waals surface area contributed by atoms with Crippen LogP contribution in [0.1, 0.15) is 19.8 Å². The van der Waals surface area contributed by atoms with Gasteiger partial charge < -0.3 is 4.43 Å². The van der Waals surface area contributed by atoms with E-state index in [1.165, 1.54) is 24.9 Å². The summed E-state index contributed by atoms with van der Waals surface area (Å²) in [7, 11) is -1.11. The summed E-state index contributed by atoms with van der Waals surface area (Å²) in [5, 5.41) is 0. The lowest BCUT2D eigenvalue weighted by atomic mass is 10.4. The number of hydrogen-bond acceptors (Lipinski definition) is 1. The quantitative estimate of drug-likeness (QED) is 0.513. The van der Waals surface area contributed by atoms with Crippen molar-refractivity contribution in [3.63, 3.8) is 0 Å². The van der Waals surface area contributed by atoms with Crippen molar-refractivity contribution in [1.29, 1.82) is 0 Å². The van der Waals surface area contributed by atoms with Crippen LogP contribution in [-0.2, 0) is 4.43 Å². The first-order valence-electron chi connectivity index (χ1n) is 3.91. The Balaban J connectivity index is 2.37. The molecule has 54 valence electrons. The molecule has 0 aromatic rings. The van der Waals surface area contributed by atoms with Gasteiger partial charge in [-0.15, -0.1) is 0 Å². The zero-order chi connectivity index (χ0) is 6.74. The molecule has 0 radical (unpaired) electrons. The maximum Gasteiger partial charge on any atom is 0.189 e. The van der Waals surface area contributed by atoms with Crippen LogP contribution in [-0.4, -0.2) is 14.9 Å². The van der Waals surface area contributed by atoms with E-state index in [1.54, 1.807) is 0 Å². The van der Waals surface area contributed by atoms with Crippen molar-refractivity contribution >= 4 is 8.32 Å². The zero-order valence-corrected chi connectivity index (χ0v) is 7.44. The molecule has 9 heavy (non-hydrogen) atoms. The van der Waals surface area contributed by atoms with Gasteiger partial charge in [-0.25, -0.2) is 0 Å². The zero-order valence-electron chi connectivity index (χ0n) is 6.44. The first-order valence-corrected chi connectivity index (χ1v) is 6.73. The van der Waals surface area contributed by atoms with Crippen molar-refractivity contribution in [3.05, 3.63) is 0 Å². The molecular formula is C7H16OSi. The summed E-state index contributed by atoms with van der Waals surface area (Å²) in [5.74, 6) is 0. The Kier molecular flexibility index (Phi) is 2.30. The molecule has 1 saturated heterocycles. The van der Waals surface area contributed by atoms with Gasteiger partial charge in [-0.1, -0.05) is 13.3 Å². The lowest BCUT2D eigenvalue weighted by Gasteiger charge is -2.30. The molecule has 0 aromatic heterocycles. The number of rotatable bonds is 1. The van der Waals surface area contributed by atoms with Gasteiger partial charge in [0.25, 0.3) is 0 Å². The van der Waals surface area contributed by atoms with Crippen LogP contribution in [0.4, 0.5) is 0 Å². The minimum absolute atomic E-state index is 1.04. The Morgan fingerprint density at radius 1 is 1.44 bits per heavy atom. The van der Waals surface area contributed by atoms with Crippen molar-refractivity contribution in [1.82, 2.24) is 0 Å². The van der Waals surface area contributed by atoms with Crippen LogP contribution >= 0.6 is 0 Å². The third kappa shape index (κ3) is 1.80. The highest BCUT2D eigenvalue weighted by Gasteiger charge is 2.28. The van der Waals surface area contributed by atoms with Crippen molar-refractivity contribution in [2.45, 2.75) is 38.4 Å². The first kappa shape index (κ1) is 7.29. The molecule has 0 aromatic carbocycles. The Hall–Kier alpha value is 0.177. The molecular weight excluding hydrogens is 128 g/mol. The minimum Gasteiger partial charge on any atom is -0.417 e. The normalized spacial score (nSPS) is 36.7. The third-order valence-electron chi connectivity index (χ3n) is 2.30. The molecule has 1 atom stereocenters. The second kappa shape index (κ2) is 2.84. The van der Waals surface area contributed by atoms with Crippen LogP contribution in [0.25, 0.3) is 0 Å². The maximum absolute atomic E-state index is 5.75. The molecule has 1 nitrogen and oxygen atoms in total. The van der Waals surface area contributed by atoms with Gasteiger partial charge in [0, 0.05) is 6.61 Å². The molecule has 0 aliphatic carbocycles. The summed E-state index contributed by atoms with van der Waals surface area (Å²) in [4.78, 5) is 0. The average Bonchev–Trinajstić information content (AvgIpc) is 1.90. The summed E-state index contributed by atoms with van der Waals surface area (Å²) in [5.41, 5.74) is 0. The van der Waals surface area contributed by atoms with Gasteiger partial charge >= 0.3 is 0 Å². The second-order valence-corrected chi connectivity index (χ2v) is 7.50. The summed E-state index contributed by atoms with van der Waals surface area (Å²) in [6.45, 7) is 5.65. The lowest BCUT2D eigenvalue weighted by molar-refractivity contribution is 0.271. The Morgan fingerprint density at radius 2 is 2.22 bits per heavy atom. The summed E-state index contributed by atoms with van der Waals surface area (Å²) >= 11 is 0. The fourth-order valence-corrected chi connectivity index (χ4v) is 3.61. The molecule has 1 rings (SSSR count). The monoisotopic (exact) mass is 144 g/mol. The smallest absolute Gasteiger partial charge is 0.189 e. The summed E-state index contributed by atoms with van der Waals surface area (Å²) in [6, 6.07) is 2.69. The van der Waals surface area contributed by atoms with Gasteiger partial charge in [0.05, 0.1) is 0 Å². The second-order valence-electron chi connectivity index (χ2n) is 3.11. The van der Waals surface area contributed by atoms with Gasteiger partial charge in [-0.05, 0) is 25.1 Å². The fraction of sp³-hybridized carbons (Fsp3) is 1.00. The van der Waals surface area contributed by atoms with E-state index < -0.39 is 8.32 Å². The van der Waals surface area contributed by atoms with Crippen molar-refractivity contribution in [3.8, 4) is 0 Å². The van der Waals surface area contributed by atoms with Crippen molar-refractivity contribution in [2.24, 2.45) is 0 Å². The Bertz CT molecular complexity index is 86.9. The number of hydrogen-bond donors (Lipinski definition) is 0. The van der Waals surface area contributed by atoms with Crippen LogP contribution < -0.4 is 0 Å². The van der Waals surface area contributed by atoms with E-state index in [1.807, 2.05) is 0 Å². The maximum atomic E-state index is 5.75. The van der Waals surface area contributed by atoms with E-state index >= 15 is 0 Å². The predicted octanol–water partition coefficient (Wildman–Crippen LogP) is 2.39. The topological polar surface area (TPSA) is 9.23 Å². The van der Waals surface area contributed by atoms with E-state index in [0.29, 0.717) is 0 Å². The molecule has 1 heterocycles. The highest BCUT2D eigenvalue weighted by atomic mass is 28.4. The van der Waals surface area contributed by atoms with E-state index in [0.717, 1.165) is 6.61 Å². The highest BCUT2D eigenvalue weighted by Crippen LogP contribution is 2.24. The van der Waals surface area contributed by atoms with Crippen LogP contribution in [0.2, 0.25) is 18.6 Å². The Morgan fingerprint density at radius 3 is 2.56 bits per heavy atom. The molecule has 1 unspecified atom stereocenters. The largest absolute Gasteiger partial charge is 0.417 e. The van der Waals surface area contributed by atoms with Crippen molar-refractivity contribution in [2.75, 3.05) is 6.61 Å². The van der Waals surface area contributed by atoms with Crippen LogP contribution in [0, 0.1) is 0 Å². The molecule has 0 N–H and O–H groups in total. The molecule has 0 saturated carbocycles. The average molecular weight is 144 g/mol. The molecule has 1 aliphatic heterocycles. The van der Waals surface area contributed by atoms with Crippen LogP contribution in [0.5, 0.6) is 0 Å². The van der Waals surface area contributed by atoms with Gasteiger partial charge in [-0.3, -0.25) is 0 Å². The van der Waals surface area contributed by atoms with Crippen LogP contribution in [0.15, 0.2) is 0 Å². The predicted molar refractivity (Wildman–Crippen MR) is 42.1 cm³/mol. The van der Waals surface area contributed by atoms with E-state index in [2.05, 4.69) is 13.5 Å². The van der Waals surface area contributed by atoms with Crippen molar-refractivity contribution < 1.29 is 4.43 Å². The first-order chi connectivity index (χ1) is 4.27. The van der Waals surface area contributed by atoms with E-state index in [9.17, 15) is 0 Å².